The van der Waals surface area contributed by atoms with E-state index in [4.69, 9.17) is 0 Å². The zero-order valence-corrected chi connectivity index (χ0v) is 17.9. The zero-order valence-electron chi connectivity index (χ0n) is 17.9. The highest BCUT2D eigenvalue weighted by atomic mass is 19.4. The van der Waals surface area contributed by atoms with Crippen molar-refractivity contribution in [2.24, 2.45) is 23.2 Å². The number of hydrogen-bond donors (Lipinski definition) is 1. The minimum atomic E-state index is -4.38. The van der Waals surface area contributed by atoms with E-state index in [1.165, 1.54) is 31.5 Å². The fraction of sp³-hybridized carbons (Fsp3) is 0.792. The summed E-state index contributed by atoms with van der Waals surface area (Å²) in [5.41, 5.74) is -0.332. The molecule has 0 radical (unpaired) electrons. The molecule has 1 aromatic rings. The number of piperidine rings is 1. The van der Waals surface area contributed by atoms with E-state index < -0.39 is 11.7 Å². The van der Waals surface area contributed by atoms with Gasteiger partial charge in [-0.25, -0.2) is 4.98 Å². The van der Waals surface area contributed by atoms with Crippen molar-refractivity contribution in [1.82, 2.24) is 9.88 Å². The summed E-state index contributed by atoms with van der Waals surface area (Å²) in [4.78, 5) is 8.78. The van der Waals surface area contributed by atoms with Crippen molar-refractivity contribution >= 4 is 5.82 Å². The normalized spacial score (nSPS) is 42.6. The first-order valence-corrected chi connectivity index (χ1v) is 12.0. The van der Waals surface area contributed by atoms with Gasteiger partial charge in [-0.2, -0.15) is 13.2 Å². The van der Waals surface area contributed by atoms with E-state index in [1.807, 2.05) is 4.90 Å². The number of aromatic nitrogens is 1. The number of rotatable bonds is 2. The van der Waals surface area contributed by atoms with Gasteiger partial charge in [0.05, 0.1) is 11.7 Å². The molecule has 3 unspecified atom stereocenters. The zero-order chi connectivity index (χ0) is 21.4. The van der Waals surface area contributed by atoms with Gasteiger partial charge in [-0.15, -0.1) is 0 Å². The summed E-state index contributed by atoms with van der Waals surface area (Å²) in [5, 5.41) is 10.7. The molecule has 7 rings (SSSR count). The molecule has 4 nitrogen and oxygen atoms in total. The molecule has 7 heteroatoms. The molecular weight excluding hydrogens is 403 g/mol. The average molecular weight is 436 g/mol. The van der Waals surface area contributed by atoms with Crippen molar-refractivity contribution in [3.8, 4) is 0 Å². The summed E-state index contributed by atoms with van der Waals surface area (Å²) in [7, 11) is 0. The molecule has 31 heavy (non-hydrogen) atoms. The van der Waals surface area contributed by atoms with Gasteiger partial charge >= 0.3 is 6.18 Å². The third kappa shape index (κ3) is 3.21. The molecule has 0 aromatic carbocycles. The lowest BCUT2D eigenvalue weighted by Gasteiger charge is -2.62. The number of likely N-dealkylation sites (tertiary alicyclic amines) is 1. The fourth-order valence-electron chi connectivity index (χ4n) is 8.27. The van der Waals surface area contributed by atoms with Gasteiger partial charge in [0.2, 0.25) is 0 Å². The van der Waals surface area contributed by atoms with Crippen LogP contribution in [0.25, 0.3) is 0 Å². The molecule has 4 aliphatic carbocycles. The number of aliphatic hydroxyl groups is 1. The summed E-state index contributed by atoms with van der Waals surface area (Å²) in [6.45, 7) is 3.34. The fourth-order valence-corrected chi connectivity index (χ4v) is 8.27. The second-order valence-electron chi connectivity index (χ2n) is 11.3. The Bertz CT molecular complexity index is 845. The highest BCUT2D eigenvalue weighted by molar-refractivity contribution is 5.49. The third-order valence-electron chi connectivity index (χ3n) is 9.35. The summed E-state index contributed by atoms with van der Waals surface area (Å²) in [6.07, 6.45) is 5.90. The van der Waals surface area contributed by atoms with E-state index in [-0.39, 0.29) is 22.9 Å². The molecule has 2 aliphatic heterocycles. The summed E-state index contributed by atoms with van der Waals surface area (Å²) < 4.78 is 40.8. The van der Waals surface area contributed by atoms with Crippen LogP contribution >= 0.6 is 0 Å². The molecule has 6 aliphatic rings. The van der Waals surface area contributed by atoms with E-state index in [2.05, 4.69) is 9.88 Å². The molecule has 1 N–H and O–H groups in total. The smallest absolute Gasteiger partial charge is 0.393 e. The molecule has 6 fully saturated rings. The summed E-state index contributed by atoms with van der Waals surface area (Å²) in [5.74, 6) is 1.76. The maximum absolute atomic E-state index is 13.6. The molecule has 2 saturated heterocycles. The van der Waals surface area contributed by atoms with Crippen LogP contribution in [0.5, 0.6) is 0 Å². The Morgan fingerprint density at radius 2 is 1.81 bits per heavy atom. The van der Waals surface area contributed by atoms with Crippen LogP contribution in [-0.4, -0.2) is 52.8 Å². The highest BCUT2D eigenvalue weighted by Gasteiger charge is 2.59. The average Bonchev–Trinajstić information content (AvgIpc) is 3.14. The second-order valence-corrected chi connectivity index (χ2v) is 11.3. The Balaban J connectivity index is 1.23. The molecule has 3 atom stereocenters. The maximum Gasteiger partial charge on any atom is 0.419 e. The third-order valence-corrected chi connectivity index (χ3v) is 9.35. The first-order valence-electron chi connectivity index (χ1n) is 12.0. The number of hydrogen-bond acceptors (Lipinski definition) is 4. The largest absolute Gasteiger partial charge is 0.419 e. The first kappa shape index (κ1) is 20.3. The number of alkyl halides is 3. The van der Waals surface area contributed by atoms with Gasteiger partial charge in [-0.1, -0.05) is 0 Å². The SMILES string of the molecule is OC1C2CC3CC1CC(N1CCC4(CCCN(c5ncccc5C(F)(F)F)C4)C1)(C3)C2. The van der Waals surface area contributed by atoms with Crippen LogP contribution in [0.3, 0.4) is 0 Å². The molecular formula is C24H32F3N3O. The van der Waals surface area contributed by atoms with Crippen molar-refractivity contribution in [3.05, 3.63) is 23.9 Å². The van der Waals surface area contributed by atoms with Crippen LogP contribution in [0.1, 0.15) is 56.9 Å². The van der Waals surface area contributed by atoms with Crippen LogP contribution in [0.4, 0.5) is 19.0 Å². The van der Waals surface area contributed by atoms with Crippen molar-refractivity contribution in [2.75, 3.05) is 31.1 Å². The van der Waals surface area contributed by atoms with E-state index in [9.17, 15) is 18.3 Å². The van der Waals surface area contributed by atoms with Crippen molar-refractivity contribution in [2.45, 2.75) is 69.2 Å². The Morgan fingerprint density at radius 1 is 1.03 bits per heavy atom. The predicted molar refractivity (Wildman–Crippen MR) is 112 cm³/mol. The Kier molecular flexibility index (Phi) is 4.47. The lowest BCUT2D eigenvalue weighted by Crippen LogP contribution is -2.63. The Labute approximate surface area is 181 Å². The highest BCUT2D eigenvalue weighted by Crippen LogP contribution is 2.59. The van der Waals surface area contributed by atoms with Gasteiger partial charge in [0, 0.05) is 36.8 Å². The molecule has 170 valence electrons. The van der Waals surface area contributed by atoms with Gasteiger partial charge in [0.25, 0.3) is 0 Å². The van der Waals surface area contributed by atoms with Gasteiger partial charge < -0.3 is 10.0 Å². The molecule has 4 bridgehead atoms. The van der Waals surface area contributed by atoms with Crippen LogP contribution in [-0.2, 0) is 6.18 Å². The maximum atomic E-state index is 13.6. The van der Waals surface area contributed by atoms with Crippen molar-refractivity contribution in [3.63, 3.8) is 0 Å². The van der Waals surface area contributed by atoms with Crippen LogP contribution in [0, 0.1) is 23.2 Å². The van der Waals surface area contributed by atoms with Crippen LogP contribution in [0.2, 0.25) is 0 Å². The van der Waals surface area contributed by atoms with Crippen molar-refractivity contribution < 1.29 is 18.3 Å². The van der Waals surface area contributed by atoms with E-state index in [0.29, 0.717) is 24.9 Å². The van der Waals surface area contributed by atoms with E-state index in [1.54, 1.807) is 0 Å². The second kappa shape index (κ2) is 6.83. The number of pyridine rings is 1. The minimum absolute atomic E-state index is 0.0561. The van der Waals surface area contributed by atoms with Gasteiger partial charge in [0.1, 0.15) is 5.82 Å². The molecule has 1 aromatic heterocycles. The topological polar surface area (TPSA) is 39.6 Å². The lowest BCUT2D eigenvalue weighted by molar-refractivity contribution is -0.147. The van der Waals surface area contributed by atoms with E-state index >= 15 is 0 Å². The van der Waals surface area contributed by atoms with Gasteiger partial charge in [-0.3, -0.25) is 4.90 Å². The van der Waals surface area contributed by atoms with Gasteiger partial charge in [-0.05, 0) is 87.8 Å². The number of nitrogens with zero attached hydrogens (tertiary/aromatic N) is 3. The van der Waals surface area contributed by atoms with Crippen LogP contribution < -0.4 is 4.90 Å². The van der Waals surface area contributed by atoms with Gasteiger partial charge in [0.15, 0.2) is 0 Å². The first-order chi connectivity index (χ1) is 14.8. The number of aliphatic hydroxyl groups excluding tert-OH is 1. The molecule has 3 heterocycles. The molecule has 4 saturated carbocycles. The quantitative estimate of drug-likeness (QED) is 0.751. The minimum Gasteiger partial charge on any atom is -0.393 e. The summed E-state index contributed by atoms with van der Waals surface area (Å²) >= 11 is 0. The summed E-state index contributed by atoms with van der Waals surface area (Å²) in [6, 6.07) is 2.54. The Hall–Kier alpha value is -1.34. The predicted octanol–water partition coefficient (Wildman–Crippen LogP) is 4.33. The molecule has 1 spiro atoms. The lowest BCUT2D eigenvalue weighted by atomic mass is 9.51. The molecule has 0 amide bonds. The monoisotopic (exact) mass is 435 g/mol. The standard InChI is InChI=1S/C24H32F3N3O/c25-24(26,27)19-3-1-6-28-21(19)29-7-2-4-22(14-29)5-8-30(15-22)23-11-16-9-17(12-23)20(31)18(10-16)13-23/h1,3,6,16-18,20,31H,2,4-5,7-15H2. The Morgan fingerprint density at radius 3 is 2.55 bits per heavy atom. The number of halogens is 3. The van der Waals surface area contributed by atoms with Crippen LogP contribution in [0.15, 0.2) is 18.3 Å². The number of anilines is 1. The van der Waals surface area contributed by atoms with E-state index in [0.717, 1.165) is 57.2 Å². The van der Waals surface area contributed by atoms with Crippen molar-refractivity contribution in [1.29, 1.82) is 0 Å².